The minimum absolute atomic E-state index is 0.433. The summed E-state index contributed by atoms with van der Waals surface area (Å²) in [5, 5.41) is 3.73. The summed E-state index contributed by atoms with van der Waals surface area (Å²) in [6, 6.07) is 0.720. The van der Waals surface area contributed by atoms with Crippen LogP contribution in [0.5, 0.6) is 0 Å². The highest BCUT2D eigenvalue weighted by atomic mass is 14.9. The molecule has 0 heterocycles. The highest BCUT2D eigenvalue weighted by Crippen LogP contribution is 2.28. The Morgan fingerprint density at radius 2 is 1.67 bits per heavy atom. The summed E-state index contributed by atoms with van der Waals surface area (Å²) in [5.41, 5.74) is 0.433. The molecule has 0 aromatic heterocycles. The summed E-state index contributed by atoms with van der Waals surface area (Å²) in [7, 11) is 0. The molecule has 0 spiro atoms. The second-order valence-electron chi connectivity index (χ2n) is 6.51. The lowest BCUT2D eigenvalue weighted by Crippen LogP contribution is -2.38. The molecule has 1 fully saturated rings. The lowest BCUT2D eigenvalue weighted by Gasteiger charge is -2.30. The molecule has 0 bridgehead atoms. The van der Waals surface area contributed by atoms with Gasteiger partial charge in [-0.05, 0) is 43.6 Å². The van der Waals surface area contributed by atoms with Gasteiger partial charge in [-0.3, -0.25) is 0 Å². The van der Waals surface area contributed by atoms with Crippen molar-refractivity contribution in [2.75, 3.05) is 6.54 Å². The van der Waals surface area contributed by atoms with E-state index >= 15 is 0 Å². The predicted molar refractivity (Wildman–Crippen MR) is 68.0 cm³/mol. The first kappa shape index (κ1) is 13.0. The molecule has 1 aliphatic rings. The molecule has 1 saturated carbocycles. The van der Waals surface area contributed by atoms with E-state index in [9.17, 15) is 0 Å². The molecule has 0 aliphatic heterocycles. The second kappa shape index (κ2) is 5.34. The van der Waals surface area contributed by atoms with Gasteiger partial charge in [-0.2, -0.15) is 0 Å². The summed E-state index contributed by atoms with van der Waals surface area (Å²) < 4.78 is 0. The summed E-state index contributed by atoms with van der Waals surface area (Å²) in [5.74, 6) is 1.69. The van der Waals surface area contributed by atoms with Crippen LogP contribution in [0, 0.1) is 17.3 Å². The lowest BCUT2D eigenvalue weighted by molar-refractivity contribution is 0.235. The second-order valence-corrected chi connectivity index (χ2v) is 6.51. The molecule has 0 aromatic rings. The van der Waals surface area contributed by atoms with Crippen molar-refractivity contribution in [3.8, 4) is 0 Å². The molecular weight excluding hydrogens is 182 g/mol. The van der Waals surface area contributed by atoms with E-state index in [4.69, 9.17) is 0 Å². The Kier molecular flexibility index (Phi) is 4.64. The Bertz CT molecular complexity index is 174. The molecule has 2 atom stereocenters. The fourth-order valence-electron chi connectivity index (χ4n) is 2.29. The van der Waals surface area contributed by atoms with E-state index in [0.29, 0.717) is 5.41 Å². The van der Waals surface area contributed by atoms with Gasteiger partial charge in [0.2, 0.25) is 0 Å². The van der Waals surface area contributed by atoms with E-state index in [1.807, 2.05) is 0 Å². The van der Waals surface area contributed by atoms with Crippen LogP contribution in [-0.2, 0) is 0 Å². The largest absolute Gasteiger partial charge is 0.314 e. The van der Waals surface area contributed by atoms with Crippen LogP contribution in [-0.4, -0.2) is 12.6 Å². The summed E-state index contributed by atoms with van der Waals surface area (Å²) in [6.45, 7) is 12.9. The van der Waals surface area contributed by atoms with Crippen molar-refractivity contribution in [2.45, 2.75) is 66.3 Å². The van der Waals surface area contributed by atoms with Gasteiger partial charge in [-0.25, -0.2) is 0 Å². The van der Waals surface area contributed by atoms with E-state index < -0.39 is 0 Å². The van der Waals surface area contributed by atoms with Crippen LogP contribution in [0.25, 0.3) is 0 Å². The van der Waals surface area contributed by atoms with E-state index in [-0.39, 0.29) is 0 Å². The quantitative estimate of drug-likeness (QED) is 0.745. The maximum atomic E-state index is 3.73. The zero-order valence-electron chi connectivity index (χ0n) is 11.3. The van der Waals surface area contributed by atoms with Gasteiger partial charge in [0, 0.05) is 6.04 Å². The summed E-state index contributed by atoms with van der Waals surface area (Å²) >= 11 is 0. The average Bonchev–Trinajstić information content (AvgIpc) is 2.64. The van der Waals surface area contributed by atoms with Crippen molar-refractivity contribution in [3.63, 3.8) is 0 Å². The van der Waals surface area contributed by atoms with Gasteiger partial charge < -0.3 is 5.32 Å². The van der Waals surface area contributed by atoms with E-state index in [1.54, 1.807) is 0 Å². The Labute approximate surface area is 96.0 Å². The minimum Gasteiger partial charge on any atom is -0.314 e. The van der Waals surface area contributed by atoms with Gasteiger partial charge in [0.05, 0.1) is 0 Å². The molecule has 90 valence electrons. The smallest absolute Gasteiger partial charge is 0.00671 e. The van der Waals surface area contributed by atoms with Crippen LogP contribution >= 0.6 is 0 Å². The maximum Gasteiger partial charge on any atom is 0.00671 e. The summed E-state index contributed by atoms with van der Waals surface area (Å²) in [6.07, 6.45) is 5.78. The third-order valence-electron chi connectivity index (χ3n) is 4.33. The first-order valence-electron chi connectivity index (χ1n) is 6.64. The molecule has 1 nitrogen and oxygen atoms in total. The predicted octanol–water partition coefficient (Wildman–Crippen LogP) is 3.84. The average molecular weight is 211 g/mol. The van der Waals surface area contributed by atoms with Crippen LogP contribution < -0.4 is 5.32 Å². The molecule has 1 N–H and O–H groups in total. The first-order chi connectivity index (χ1) is 6.91. The third-order valence-corrected chi connectivity index (χ3v) is 4.33. The number of nitrogens with one attached hydrogen (secondary N) is 1. The van der Waals surface area contributed by atoms with Crippen LogP contribution in [0.4, 0.5) is 0 Å². The molecule has 1 rings (SSSR count). The van der Waals surface area contributed by atoms with Crippen LogP contribution in [0.1, 0.15) is 60.3 Å². The molecule has 0 saturated heterocycles. The monoisotopic (exact) mass is 211 g/mol. The summed E-state index contributed by atoms with van der Waals surface area (Å²) in [4.78, 5) is 0. The highest BCUT2D eigenvalue weighted by Gasteiger charge is 2.24. The van der Waals surface area contributed by atoms with Crippen LogP contribution in [0.2, 0.25) is 0 Å². The molecule has 0 amide bonds. The maximum absolute atomic E-state index is 3.73. The first-order valence-corrected chi connectivity index (χ1v) is 6.64. The third kappa shape index (κ3) is 4.14. The van der Waals surface area contributed by atoms with Gasteiger partial charge in [0.15, 0.2) is 0 Å². The van der Waals surface area contributed by atoms with Gasteiger partial charge in [0.25, 0.3) is 0 Å². The fourth-order valence-corrected chi connectivity index (χ4v) is 2.29. The fraction of sp³-hybridized carbons (Fsp3) is 1.00. The molecule has 1 heteroatoms. The zero-order valence-corrected chi connectivity index (χ0v) is 11.3. The standard InChI is InChI=1S/C14H29N/c1-11(14(3,4)5)10-15-12(2)13-8-6-7-9-13/h11-13,15H,6-10H2,1-5H3. The Balaban J connectivity index is 2.24. The van der Waals surface area contributed by atoms with Crippen LogP contribution in [0.3, 0.4) is 0 Å². The Morgan fingerprint density at radius 1 is 1.13 bits per heavy atom. The molecule has 0 aromatic carbocycles. The van der Waals surface area contributed by atoms with Gasteiger partial charge in [0.1, 0.15) is 0 Å². The van der Waals surface area contributed by atoms with E-state index in [0.717, 1.165) is 17.9 Å². The van der Waals surface area contributed by atoms with Crippen molar-refractivity contribution in [1.29, 1.82) is 0 Å². The van der Waals surface area contributed by atoms with Crippen molar-refractivity contribution in [2.24, 2.45) is 17.3 Å². The number of hydrogen-bond acceptors (Lipinski definition) is 1. The topological polar surface area (TPSA) is 12.0 Å². The van der Waals surface area contributed by atoms with E-state index in [2.05, 4.69) is 39.9 Å². The number of hydrogen-bond donors (Lipinski definition) is 1. The normalized spacial score (nSPS) is 23.0. The van der Waals surface area contributed by atoms with Gasteiger partial charge in [-0.1, -0.05) is 40.5 Å². The Morgan fingerprint density at radius 3 is 2.13 bits per heavy atom. The lowest BCUT2D eigenvalue weighted by atomic mass is 9.82. The molecule has 1 aliphatic carbocycles. The number of rotatable bonds is 4. The SMILES string of the molecule is CC(NCC(C)C(C)(C)C)C1CCCC1. The minimum atomic E-state index is 0.433. The molecular formula is C14H29N. The van der Waals surface area contributed by atoms with Crippen LogP contribution in [0.15, 0.2) is 0 Å². The van der Waals surface area contributed by atoms with Crippen molar-refractivity contribution >= 4 is 0 Å². The van der Waals surface area contributed by atoms with Crippen molar-refractivity contribution in [1.82, 2.24) is 5.32 Å². The molecule has 0 radical (unpaired) electrons. The zero-order chi connectivity index (χ0) is 11.5. The molecule has 2 unspecified atom stereocenters. The van der Waals surface area contributed by atoms with Gasteiger partial charge in [-0.15, -0.1) is 0 Å². The van der Waals surface area contributed by atoms with Crippen molar-refractivity contribution in [3.05, 3.63) is 0 Å². The van der Waals surface area contributed by atoms with E-state index in [1.165, 1.54) is 32.2 Å². The van der Waals surface area contributed by atoms with Crippen molar-refractivity contribution < 1.29 is 0 Å². The van der Waals surface area contributed by atoms with Gasteiger partial charge >= 0.3 is 0 Å². The Hall–Kier alpha value is -0.0400. The highest BCUT2D eigenvalue weighted by molar-refractivity contribution is 4.79. The molecule has 15 heavy (non-hydrogen) atoms.